The van der Waals surface area contributed by atoms with Crippen molar-refractivity contribution >= 4 is 10.0 Å². The Morgan fingerprint density at radius 3 is 2.15 bits per heavy atom. The van der Waals surface area contributed by atoms with E-state index in [2.05, 4.69) is 12.2 Å². The molecule has 0 atom stereocenters. The second kappa shape index (κ2) is 7.23. The van der Waals surface area contributed by atoms with Crippen LogP contribution in [0.5, 0.6) is 0 Å². The molecule has 0 bridgehead atoms. The predicted molar refractivity (Wildman–Crippen MR) is 83.2 cm³/mol. The highest BCUT2D eigenvalue weighted by atomic mass is 32.2. The third-order valence-corrected chi connectivity index (χ3v) is 7.32. The summed E-state index contributed by atoms with van der Waals surface area (Å²) >= 11 is 0. The maximum absolute atomic E-state index is 12.6. The lowest BCUT2D eigenvalue weighted by Gasteiger charge is -2.34. The van der Waals surface area contributed by atoms with Crippen molar-refractivity contribution in [3.63, 3.8) is 0 Å². The van der Waals surface area contributed by atoms with E-state index in [1.807, 2.05) is 0 Å². The van der Waals surface area contributed by atoms with E-state index >= 15 is 0 Å². The van der Waals surface area contributed by atoms with Crippen LogP contribution in [0.4, 0.5) is 0 Å². The molecule has 2 rings (SSSR count). The molecular weight excluding hydrogens is 272 g/mol. The zero-order chi connectivity index (χ0) is 14.6. The molecule has 1 aliphatic heterocycles. The summed E-state index contributed by atoms with van der Waals surface area (Å²) < 4.78 is 26.8. The van der Waals surface area contributed by atoms with Gasteiger partial charge in [-0.15, -0.1) is 0 Å². The molecule has 0 unspecified atom stereocenters. The van der Waals surface area contributed by atoms with Gasteiger partial charge in [0.05, 0.1) is 5.75 Å². The van der Waals surface area contributed by atoms with Gasteiger partial charge in [0.25, 0.3) is 0 Å². The Morgan fingerprint density at radius 1 is 1.00 bits per heavy atom. The standard InChI is InChI=1S/C15H30N2O2S/c1-3-13-4-6-15(7-5-13)17(2)20(18,19)12-14-8-10-16-11-9-14/h13-16H,3-12H2,1-2H3. The zero-order valence-electron chi connectivity index (χ0n) is 13.0. The number of rotatable bonds is 5. The summed E-state index contributed by atoms with van der Waals surface area (Å²) in [6.07, 6.45) is 7.69. The van der Waals surface area contributed by atoms with Gasteiger partial charge in [-0.05, 0) is 63.5 Å². The molecule has 0 aromatic heterocycles. The molecule has 5 heteroatoms. The Labute approximate surface area is 124 Å². The van der Waals surface area contributed by atoms with Crippen LogP contribution in [-0.4, -0.2) is 44.7 Å². The number of hydrogen-bond donors (Lipinski definition) is 1. The predicted octanol–water partition coefficient (Wildman–Crippen LogP) is 2.22. The molecule has 1 N–H and O–H groups in total. The normalized spacial score (nSPS) is 29.8. The van der Waals surface area contributed by atoms with E-state index in [-0.39, 0.29) is 6.04 Å². The van der Waals surface area contributed by atoms with Gasteiger partial charge in [0.1, 0.15) is 0 Å². The summed E-state index contributed by atoms with van der Waals surface area (Å²) in [7, 11) is -1.28. The fourth-order valence-electron chi connectivity index (χ4n) is 3.61. The van der Waals surface area contributed by atoms with Crippen LogP contribution >= 0.6 is 0 Å². The van der Waals surface area contributed by atoms with Gasteiger partial charge in [-0.2, -0.15) is 0 Å². The molecule has 0 aromatic carbocycles. The van der Waals surface area contributed by atoms with Crippen molar-refractivity contribution in [1.29, 1.82) is 0 Å². The van der Waals surface area contributed by atoms with Crippen molar-refractivity contribution in [1.82, 2.24) is 9.62 Å². The molecule has 0 amide bonds. The molecule has 2 aliphatic rings. The Hall–Kier alpha value is -0.130. The zero-order valence-corrected chi connectivity index (χ0v) is 13.8. The summed E-state index contributed by atoms with van der Waals surface area (Å²) in [6, 6.07) is 0.240. The van der Waals surface area contributed by atoms with Crippen molar-refractivity contribution < 1.29 is 8.42 Å². The van der Waals surface area contributed by atoms with E-state index in [4.69, 9.17) is 0 Å². The van der Waals surface area contributed by atoms with Gasteiger partial charge in [-0.3, -0.25) is 0 Å². The molecular formula is C15H30N2O2S. The molecule has 0 aromatic rings. The van der Waals surface area contributed by atoms with Gasteiger partial charge >= 0.3 is 0 Å². The summed E-state index contributed by atoms with van der Waals surface area (Å²) in [4.78, 5) is 0. The smallest absolute Gasteiger partial charge is 0.214 e. The van der Waals surface area contributed by atoms with Gasteiger partial charge in [-0.1, -0.05) is 13.3 Å². The topological polar surface area (TPSA) is 49.4 Å². The van der Waals surface area contributed by atoms with Crippen LogP contribution in [0, 0.1) is 11.8 Å². The minimum Gasteiger partial charge on any atom is -0.317 e. The minimum atomic E-state index is -3.08. The fourth-order valence-corrected chi connectivity index (χ4v) is 5.44. The number of sulfonamides is 1. The summed E-state index contributed by atoms with van der Waals surface area (Å²) in [6.45, 7) is 4.17. The van der Waals surface area contributed by atoms with Crippen molar-refractivity contribution in [2.45, 2.75) is 57.9 Å². The Kier molecular flexibility index (Phi) is 5.87. The van der Waals surface area contributed by atoms with E-state index in [9.17, 15) is 8.42 Å². The first-order chi connectivity index (χ1) is 9.53. The average molecular weight is 302 g/mol. The molecule has 20 heavy (non-hydrogen) atoms. The highest BCUT2D eigenvalue weighted by Gasteiger charge is 2.31. The van der Waals surface area contributed by atoms with Crippen LogP contribution in [-0.2, 0) is 10.0 Å². The number of nitrogens with one attached hydrogen (secondary N) is 1. The second-order valence-corrected chi connectivity index (χ2v) is 8.64. The van der Waals surface area contributed by atoms with Gasteiger partial charge in [0.15, 0.2) is 0 Å². The lowest BCUT2D eigenvalue weighted by Crippen LogP contribution is -2.43. The molecule has 118 valence electrons. The quantitative estimate of drug-likeness (QED) is 0.847. The maximum Gasteiger partial charge on any atom is 0.214 e. The van der Waals surface area contributed by atoms with Gasteiger partial charge in [0, 0.05) is 13.1 Å². The highest BCUT2D eigenvalue weighted by molar-refractivity contribution is 7.89. The van der Waals surface area contributed by atoms with Crippen LogP contribution in [0.1, 0.15) is 51.9 Å². The summed E-state index contributed by atoms with van der Waals surface area (Å²) in [5.74, 6) is 1.50. The van der Waals surface area contributed by atoms with E-state index in [1.165, 1.54) is 19.3 Å². The van der Waals surface area contributed by atoms with Crippen molar-refractivity contribution in [2.75, 3.05) is 25.9 Å². The SMILES string of the molecule is CCC1CCC(N(C)S(=O)(=O)CC2CCNCC2)CC1. The maximum atomic E-state index is 12.6. The number of piperidine rings is 1. The molecule has 1 heterocycles. The molecule has 0 radical (unpaired) electrons. The van der Waals surface area contributed by atoms with Crippen molar-refractivity contribution in [3.8, 4) is 0 Å². The van der Waals surface area contributed by atoms with E-state index in [1.54, 1.807) is 11.4 Å². The first-order valence-corrected chi connectivity index (χ1v) is 9.80. The monoisotopic (exact) mass is 302 g/mol. The Bertz CT molecular complexity index is 383. The first-order valence-electron chi connectivity index (χ1n) is 8.19. The van der Waals surface area contributed by atoms with E-state index in [0.29, 0.717) is 11.7 Å². The van der Waals surface area contributed by atoms with Crippen LogP contribution in [0.25, 0.3) is 0 Å². The molecule has 1 saturated heterocycles. The Morgan fingerprint density at radius 2 is 1.60 bits per heavy atom. The third kappa shape index (κ3) is 4.18. The Balaban J connectivity index is 1.88. The number of hydrogen-bond acceptors (Lipinski definition) is 3. The van der Waals surface area contributed by atoms with Crippen LogP contribution in [0.3, 0.4) is 0 Å². The van der Waals surface area contributed by atoms with Crippen LogP contribution in [0.2, 0.25) is 0 Å². The molecule has 4 nitrogen and oxygen atoms in total. The average Bonchev–Trinajstić information content (AvgIpc) is 2.47. The lowest BCUT2D eigenvalue weighted by atomic mass is 9.85. The molecule has 2 fully saturated rings. The second-order valence-electron chi connectivity index (χ2n) is 6.57. The summed E-state index contributed by atoms with van der Waals surface area (Å²) in [5, 5.41) is 3.30. The van der Waals surface area contributed by atoms with Gasteiger partial charge < -0.3 is 5.32 Å². The van der Waals surface area contributed by atoms with Gasteiger partial charge in [-0.25, -0.2) is 12.7 Å². The first kappa shape index (κ1) is 16.2. The van der Waals surface area contributed by atoms with E-state index in [0.717, 1.165) is 44.7 Å². The molecule has 0 spiro atoms. The third-order valence-electron chi connectivity index (χ3n) is 5.25. The van der Waals surface area contributed by atoms with E-state index < -0.39 is 10.0 Å². The van der Waals surface area contributed by atoms with Crippen molar-refractivity contribution in [3.05, 3.63) is 0 Å². The minimum absolute atomic E-state index is 0.240. The lowest BCUT2D eigenvalue weighted by molar-refractivity contribution is 0.231. The fraction of sp³-hybridized carbons (Fsp3) is 1.00. The summed E-state index contributed by atoms with van der Waals surface area (Å²) in [5.41, 5.74) is 0. The van der Waals surface area contributed by atoms with Crippen molar-refractivity contribution in [2.24, 2.45) is 11.8 Å². The largest absolute Gasteiger partial charge is 0.317 e. The van der Waals surface area contributed by atoms with Crippen LogP contribution in [0.15, 0.2) is 0 Å². The molecule has 1 saturated carbocycles. The van der Waals surface area contributed by atoms with Crippen LogP contribution < -0.4 is 5.32 Å². The molecule has 1 aliphatic carbocycles. The van der Waals surface area contributed by atoms with Gasteiger partial charge in [0.2, 0.25) is 10.0 Å². The number of nitrogens with zero attached hydrogens (tertiary/aromatic N) is 1. The highest BCUT2D eigenvalue weighted by Crippen LogP contribution is 2.30.